The van der Waals surface area contributed by atoms with Crippen molar-refractivity contribution in [1.29, 1.82) is 0 Å². The Hall–Kier alpha value is -1.06. The zero-order valence-corrected chi connectivity index (χ0v) is 9.91. The van der Waals surface area contributed by atoms with Crippen LogP contribution in [0.2, 0.25) is 0 Å². The van der Waals surface area contributed by atoms with E-state index in [2.05, 4.69) is 0 Å². The van der Waals surface area contributed by atoms with Gasteiger partial charge in [-0.2, -0.15) is 0 Å². The van der Waals surface area contributed by atoms with Gasteiger partial charge in [-0.15, -0.1) is 0 Å². The molecule has 0 amide bonds. The van der Waals surface area contributed by atoms with Crippen LogP contribution in [-0.4, -0.2) is 24.6 Å². The molecule has 0 aliphatic rings. The molecule has 0 heterocycles. The molecule has 0 saturated carbocycles. The Kier molecular flexibility index (Phi) is 6.75. The fourth-order valence-electron chi connectivity index (χ4n) is 0.944. The SMILES string of the molecule is CCC(=O)OC(C)COC(=O)CC(C)C. The summed E-state index contributed by atoms with van der Waals surface area (Å²) in [5, 5.41) is 0. The number of rotatable bonds is 6. The third-order valence-electron chi connectivity index (χ3n) is 1.68. The largest absolute Gasteiger partial charge is 0.462 e. The molecule has 0 aromatic carbocycles. The third kappa shape index (κ3) is 7.97. The maximum atomic E-state index is 11.2. The molecule has 1 unspecified atom stereocenters. The van der Waals surface area contributed by atoms with Gasteiger partial charge in [0.15, 0.2) is 0 Å². The van der Waals surface area contributed by atoms with Crippen LogP contribution in [0.3, 0.4) is 0 Å². The lowest BCUT2D eigenvalue weighted by molar-refractivity contribution is -0.158. The van der Waals surface area contributed by atoms with E-state index in [-0.39, 0.29) is 30.6 Å². The summed E-state index contributed by atoms with van der Waals surface area (Å²) in [6, 6.07) is 0. The normalized spacial score (nSPS) is 12.3. The highest BCUT2D eigenvalue weighted by Crippen LogP contribution is 2.02. The van der Waals surface area contributed by atoms with Gasteiger partial charge in [-0.1, -0.05) is 20.8 Å². The zero-order chi connectivity index (χ0) is 11.8. The molecule has 0 spiro atoms. The lowest BCUT2D eigenvalue weighted by atomic mass is 10.1. The van der Waals surface area contributed by atoms with E-state index in [9.17, 15) is 9.59 Å². The molecular weight excluding hydrogens is 196 g/mol. The van der Waals surface area contributed by atoms with Gasteiger partial charge in [0.25, 0.3) is 0 Å². The first-order valence-corrected chi connectivity index (χ1v) is 5.30. The van der Waals surface area contributed by atoms with Crippen molar-refractivity contribution in [2.24, 2.45) is 5.92 Å². The Morgan fingerprint density at radius 2 is 1.73 bits per heavy atom. The van der Waals surface area contributed by atoms with E-state index in [1.54, 1.807) is 13.8 Å². The van der Waals surface area contributed by atoms with Gasteiger partial charge in [0.05, 0.1) is 0 Å². The number of hydrogen-bond acceptors (Lipinski definition) is 4. The van der Waals surface area contributed by atoms with Gasteiger partial charge in [-0.3, -0.25) is 9.59 Å². The summed E-state index contributed by atoms with van der Waals surface area (Å²) in [5.74, 6) is -0.238. The predicted octanol–water partition coefficient (Wildman–Crippen LogP) is 1.92. The monoisotopic (exact) mass is 216 g/mol. The number of hydrogen-bond donors (Lipinski definition) is 0. The topological polar surface area (TPSA) is 52.6 Å². The first-order valence-electron chi connectivity index (χ1n) is 5.30. The number of ether oxygens (including phenoxy) is 2. The van der Waals surface area contributed by atoms with E-state index >= 15 is 0 Å². The van der Waals surface area contributed by atoms with Crippen LogP contribution < -0.4 is 0 Å². The molecule has 15 heavy (non-hydrogen) atoms. The molecule has 4 heteroatoms. The van der Waals surface area contributed by atoms with Crippen molar-refractivity contribution in [2.45, 2.75) is 46.6 Å². The summed E-state index contributed by atoms with van der Waals surface area (Å²) in [6.07, 6.45) is 0.368. The van der Waals surface area contributed by atoms with E-state index in [4.69, 9.17) is 9.47 Å². The van der Waals surface area contributed by atoms with E-state index in [0.717, 1.165) is 0 Å². The van der Waals surface area contributed by atoms with E-state index in [1.165, 1.54) is 0 Å². The minimum atomic E-state index is -0.367. The Bertz CT molecular complexity index is 211. The van der Waals surface area contributed by atoms with Crippen LogP contribution in [0.1, 0.15) is 40.5 Å². The Balaban J connectivity index is 3.66. The minimum Gasteiger partial charge on any atom is -0.462 e. The molecule has 1 atom stereocenters. The Morgan fingerprint density at radius 1 is 1.13 bits per heavy atom. The number of esters is 2. The van der Waals surface area contributed by atoms with Crippen molar-refractivity contribution in [2.75, 3.05) is 6.61 Å². The number of carbonyl (C=O) groups is 2. The summed E-state index contributed by atoms with van der Waals surface area (Å²) in [6.45, 7) is 7.46. The first-order chi connectivity index (χ1) is 6.95. The molecule has 0 bridgehead atoms. The quantitative estimate of drug-likeness (QED) is 0.636. The summed E-state index contributed by atoms with van der Waals surface area (Å²) < 4.78 is 9.88. The molecule has 0 N–H and O–H groups in total. The third-order valence-corrected chi connectivity index (χ3v) is 1.68. The Labute approximate surface area is 90.9 Å². The van der Waals surface area contributed by atoms with Gasteiger partial charge >= 0.3 is 11.9 Å². The van der Waals surface area contributed by atoms with Crippen molar-refractivity contribution >= 4 is 11.9 Å². The van der Waals surface area contributed by atoms with Gasteiger partial charge in [0, 0.05) is 12.8 Å². The molecule has 0 rings (SSSR count). The van der Waals surface area contributed by atoms with Crippen LogP contribution in [-0.2, 0) is 19.1 Å². The van der Waals surface area contributed by atoms with Crippen LogP contribution in [0, 0.1) is 5.92 Å². The Morgan fingerprint density at radius 3 is 2.20 bits per heavy atom. The summed E-state index contributed by atoms with van der Waals surface area (Å²) in [5.41, 5.74) is 0. The van der Waals surface area contributed by atoms with Crippen molar-refractivity contribution in [3.63, 3.8) is 0 Å². The van der Waals surface area contributed by atoms with E-state index in [1.807, 2.05) is 13.8 Å². The van der Waals surface area contributed by atoms with Crippen molar-refractivity contribution in [3.05, 3.63) is 0 Å². The maximum Gasteiger partial charge on any atom is 0.306 e. The van der Waals surface area contributed by atoms with Gasteiger partial charge in [-0.05, 0) is 12.8 Å². The minimum absolute atomic E-state index is 0.136. The maximum absolute atomic E-state index is 11.2. The predicted molar refractivity (Wildman–Crippen MR) is 56.3 cm³/mol. The lowest BCUT2D eigenvalue weighted by Crippen LogP contribution is -2.22. The fraction of sp³-hybridized carbons (Fsp3) is 0.818. The molecule has 4 nitrogen and oxygen atoms in total. The molecule has 0 aromatic heterocycles. The van der Waals surface area contributed by atoms with Crippen LogP contribution in [0.4, 0.5) is 0 Å². The second-order valence-corrected chi connectivity index (χ2v) is 3.94. The molecule has 0 aromatic rings. The van der Waals surface area contributed by atoms with E-state index in [0.29, 0.717) is 12.8 Å². The molecule has 88 valence electrons. The van der Waals surface area contributed by atoms with Crippen molar-refractivity contribution in [1.82, 2.24) is 0 Å². The second kappa shape index (κ2) is 7.26. The van der Waals surface area contributed by atoms with Crippen molar-refractivity contribution < 1.29 is 19.1 Å². The van der Waals surface area contributed by atoms with Crippen LogP contribution >= 0.6 is 0 Å². The highest BCUT2D eigenvalue weighted by molar-refractivity contribution is 5.70. The zero-order valence-electron chi connectivity index (χ0n) is 9.91. The van der Waals surface area contributed by atoms with Gasteiger partial charge < -0.3 is 9.47 Å². The molecule has 0 aliphatic heterocycles. The molecule has 0 radical (unpaired) electrons. The van der Waals surface area contributed by atoms with Gasteiger partial charge in [0.1, 0.15) is 12.7 Å². The van der Waals surface area contributed by atoms with E-state index < -0.39 is 0 Å². The first kappa shape index (κ1) is 13.9. The van der Waals surface area contributed by atoms with Gasteiger partial charge in [0.2, 0.25) is 0 Å². The standard InChI is InChI=1S/C11H20O4/c1-5-10(12)15-9(4)7-14-11(13)6-8(2)3/h8-9H,5-7H2,1-4H3. The average Bonchev–Trinajstić information content (AvgIpc) is 2.13. The van der Waals surface area contributed by atoms with Crippen LogP contribution in [0.25, 0.3) is 0 Å². The average molecular weight is 216 g/mol. The summed E-state index contributed by atoms with van der Waals surface area (Å²) in [4.78, 5) is 22.0. The smallest absolute Gasteiger partial charge is 0.306 e. The van der Waals surface area contributed by atoms with Crippen LogP contribution in [0.5, 0.6) is 0 Å². The molecule has 0 saturated heterocycles. The van der Waals surface area contributed by atoms with Gasteiger partial charge in [-0.25, -0.2) is 0 Å². The second-order valence-electron chi connectivity index (χ2n) is 3.94. The fourth-order valence-corrected chi connectivity index (χ4v) is 0.944. The summed E-state index contributed by atoms with van der Waals surface area (Å²) >= 11 is 0. The number of carbonyl (C=O) groups excluding carboxylic acids is 2. The molecule has 0 fully saturated rings. The van der Waals surface area contributed by atoms with Crippen molar-refractivity contribution in [3.8, 4) is 0 Å². The lowest BCUT2D eigenvalue weighted by Gasteiger charge is -2.13. The van der Waals surface area contributed by atoms with Crippen LogP contribution in [0.15, 0.2) is 0 Å². The molecular formula is C11H20O4. The summed E-state index contributed by atoms with van der Waals surface area (Å²) in [7, 11) is 0. The highest BCUT2D eigenvalue weighted by atomic mass is 16.6. The highest BCUT2D eigenvalue weighted by Gasteiger charge is 2.11. The molecule has 0 aliphatic carbocycles.